The van der Waals surface area contributed by atoms with E-state index in [0.29, 0.717) is 22.6 Å². The Morgan fingerprint density at radius 3 is 2.27 bits per heavy atom. The number of nitrogens with zero attached hydrogens (tertiary/aromatic N) is 2. The zero-order valence-electron chi connectivity index (χ0n) is 25.3. The van der Waals surface area contributed by atoms with Gasteiger partial charge in [0, 0.05) is 42.4 Å². The van der Waals surface area contributed by atoms with E-state index in [1.54, 1.807) is 54.3 Å². The van der Waals surface area contributed by atoms with Gasteiger partial charge in [-0.1, -0.05) is 30.3 Å². The molecule has 12 nitrogen and oxygen atoms in total. The smallest absolute Gasteiger partial charge is 0.323 e. The number of aliphatic carboxylic acids is 1. The summed E-state index contributed by atoms with van der Waals surface area (Å²) in [5.41, 5.74) is 4.92. The van der Waals surface area contributed by atoms with Gasteiger partial charge in [0.25, 0.3) is 0 Å². The second kappa shape index (κ2) is 15.4. The Kier molecular flexibility index (Phi) is 11.1. The number of para-hydroxylation sites is 1. The van der Waals surface area contributed by atoms with E-state index in [9.17, 15) is 24.0 Å². The maximum absolute atomic E-state index is 13.0. The van der Waals surface area contributed by atoms with E-state index < -0.39 is 5.97 Å². The summed E-state index contributed by atoms with van der Waals surface area (Å²) in [7, 11) is 0. The molecule has 0 saturated heterocycles. The second-order valence-electron chi connectivity index (χ2n) is 10.6. The van der Waals surface area contributed by atoms with Crippen molar-refractivity contribution in [1.29, 1.82) is 0 Å². The third-order valence-electron chi connectivity index (χ3n) is 7.20. The largest absolute Gasteiger partial charge is 0.481 e. The highest BCUT2D eigenvalue weighted by molar-refractivity contribution is 6.00. The zero-order valence-corrected chi connectivity index (χ0v) is 25.3. The molecule has 1 heterocycles. The number of hydrogen-bond acceptors (Lipinski definition) is 7. The van der Waals surface area contributed by atoms with Crippen molar-refractivity contribution in [3.05, 3.63) is 83.4 Å². The third-order valence-corrected chi connectivity index (χ3v) is 7.20. The molecule has 0 atom stereocenters. The van der Waals surface area contributed by atoms with Gasteiger partial charge in [-0.25, -0.2) is 4.79 Å². The highest BCUT2D eigenvalue weighted by Gasteiger charge is 2.26. The van der Waals surface area contributed by atoms with Crippen LogP contribution >= 0.6 is 0 Å². The average Bonchev–Trinajstić information content (AvgIpc) is 3.12. The predicted octanol–water partition coefficient (Wildman–Crippen LogP) is 4.40. The van der Waals surface area contributed by atoms with Crippen molar-refractivity contribution in [1.82, 2.24) is 4.90 Å². The van der Waals surface area contributed by atoms with Crippen LogP contribution in [0.4, 0.5) is 27.5 Å². The molecule has 45 heavy (non-hydrogen) atoms. The number of ether oxygens (including phenoxy) is 1. The van der Waals surface area contributed by atoms with E-state index in [4.69, 9.17) is 9.84 Å². The number of carbonyl (C=O) groups is 5. The number of carboxylic acids is 1. The fraction of sp³-hybridized carbons (Fsp3) is 0.303. The molecule has 0 spiro atoms. The zero-order chi connectivity index (χ0) is 32.3. The van der Waals surface area contributed by atoms with E-state index in [1.165, 1.54) is 4.90 Å². The van der Waals surface area contributed by atoms with Gasteiger partial charge in [0.15, 0.2) is 0 Å². The first-order chi connectivity index (χ1) is 21.6. The first-order valence-electron chi connectivity index (χ1n) is 14.7. The number of rotatable bonds is 12. The number of aryl methyl sites for hydroxylation is 1. The van der Waals surface area contributed by atoms with E-state index in [2.05, 4.69) is 16.0 Å². The maximum atomic E-state index is 13.0. The van der Waals surface area contributed by atoms with E-state index in [1.807, 2.05) is 31.2 Å². The summed E-state index contributed by atoms with van der Waals surface area (Å²) < 4.78 is 5.03. The van der Waals surface area contributed by atoms with Crippen molar-refractivity contribution >= 4 is 52.5 Å². The van der Waals surface area contributed by atoms with Gasteiger partial charge in [-0.15, -0.1) is 0 Å². The minimum absolute atomic E-state index is 0.0177. The molecule has 12 heteroatoms. The SMILES string of the molecule is CCOC(=O)CCN1CC(=O)N(CCC(=O)O)Cc2cc(NC(=O)Cc3ccc(NC(=O)Nc4ccccc4C)cc3)ccc21. The van der Waals surface area contributed by atoms with Crippen LogP contribution in [-0.4, -0.2) is 66.0 Å². The topological polar surface area (TPSA) is 157 Å². The lowest BCUT2D eigenvalue weighted by atomic mass is 10.1. The molecule has 3 aromatic rings. The first kappa shape index (κ1) is 32.5. The molecule has 0 fully saturated rings. The summed E-state index contributed by atoms with van der Waals surface area (Å²) in [6, 6.07) is 19.3. The Labute approximate surface area is 261 Å². The molecule has 0 saturated carbocycles. The Balaban J connectivity index is 1.40. The lowest BCUT2D eigenvalue weighted by Gasteiger charge is -2.24. The number of nitrogens with one attached hydrogen (secondary N) is 3. The molecule has 1 aliphatic heterocycles. The molecule has 4 rings (SSSR count). The van der Waals surface area contributed by atoms with Crippen LogP contribution in [-0.2, 0) is 36.9 Å². The number of carbonyl (C=O) groups excluding carboxylic acids is 4. The Bertz CT molecular complexity index is 1560. The van der Waals surface area contributed by atoms with Crippen LogP contribution < -0.4 is 20.9 Å². The van der Waals surface area contributed by atoms with Gasteiger partial charge in [0.05, 0.1) is 32.4 Å². The van der Waals surface area contributed by atoms with Crippen molar-refractivity contribution in [3.63, 3.8) is 0 Å². The molecular formula is C33H37N5O7. The molecule has 3 aromatic carbocycles. The van der Waals surface area contributed by atoms with Crippen LogP contribution in [0.25, 0.3) is 0 Å². The molecule has 236 valence electrons. The van der Waals surface area contributed by atoms with E-state index in [0.717, 1.165) is 16.8 Å². The second-order valence-corrected chi connectivity index (χ2v) is 10.6. The van der Waals surface area contributed by atoms with Crippen LogP contribution in [0.3, 0.4) is 0 Å². The minimum Gasteiger partial charge on any atom is -0.481 e. The van der Waals surface area contributed by atoms with Crippen LogP contribution in [0.1, 0.15) is 36.5 Å². The highest BCUT2D eigenvalue weighted by atomic mass is 16.5. The molecule has 4 amide bonds. The van der Waals surface area contributed by atoms with Crippen LogP contribution in [0.2, 0.25) is 0 Å². The average molecular weight is 616 g/mol. The lowest BCUT2D eigenvalue weighted by Crippen LogP contribution is -2.39. The summed E-state index contributed by atoms with van der Waals surface area (Å²) in [5, 5.41) is 17.6. The van der Waals surface area contributed by atoms with Gasteiger partial charge < -0.3 is 35.6 Å². The monoisotopic (exact) mass is 615 g/mol. The maximum Gasteiger partial charge on any atom is 0.323 e. The minimum atomic E-state index is -1.01. The quantitative estimate of drug-likeness (QED) is 0.219. The Morgan fingerprint density at radius 2 is 1.56 bits per heavy atom. The Morgan fingerprint density at radius 1 is 0.844 bits per heavy atom. The fourth-order valence-corrected chi connectivity index (χ4v) is 4.93. The molecule has 0 aliphatic carbocycles. The van der Waals surface area contributed by atoms with Gasteiger partial charge in [0.2, 0.25) is 11.8 Å². The number of hydrogen-bond donors (Lipinski definition) is 4. The number of anilines is 4. The van der Waals surface area contributed by atoms with Gasteiger partial charge in [0.1, 0.15) is 0 Å². The van der Waals surface area contributed by atoms with Crippen LogP contribution in [0.15, 0.2) is 66.7 Å². The number of benzene rings is 3. The van der Waals surface area contributed by atoms with Gasteiger partial charge >= 0.3 is 18.0 Å². The third kappa shape index (κ3) is 9.55. The number of fused-ring (bicyclic) bond motifs is 1. The van der Waals surface area contributed by atoms with E-state index in [-0.39, 0.29) is 75.9 Å². The molecule has 1 aliphatic rings. The summed E-state index contributed by atoms with van der Waals surface area (Å²) in [5.74, 6) is -1.91. The fourth-order valence-electron chi connectivity index (χ4n) is 4.93. The van der Waals surface area contributed by atoms with Crippen LogP contribution in [0, 0.1) is 6.92 Å². The van der Waals surface area contributed by atoms with E-state index >= 15 is 0 Å². The molecule has 0 unspecified atom stereocenters. The lowest BCUT2D eigenvalue weighted by molar-refractivity contribution is -0.143. The van der Waals surface area contributed by atoms with Crippen LogP contribution in [0.5, 0.6) is 0 Å². The van der Waals surface area contributed by atoms with Gasteiger partial charge in [-0.3, -0.25) is 19.2 Å². The van der Waals surface area contributed by atoms with Crippen molar-refractivity contribution in [2.75, 3.05) is 47.1 Å². The van der Waals surface area contributed by atoms with Gasteiger partial charge in [-0.05, 0) is 66.9 Å². The Hall–Kier alpha value is -5.39. The van der Waals surface area contributed by atoms with Crippen molar-refractivity contribution < 1.29 is 33.8 Å². The summed E-state index contributed by atoms with van der Waals surface area (Å²) in [4.78, 5) is 64.7. The van der Waals surface area contributed by atoms with Crippen molar-refractivity contribution in [2.24, 2.45) is 0 Å². The predicted molar refractivity (Wildman–Crippen MR) is 170 cm³/mol. The number of urea groups is 1. The number of esters is 1. The number of carboxylic acid groups (broad SMARTS) is 1. The van der Waals surface area contributed by atoms with Crippen molar-refractivity contribution in [2.45, 2.75) is 39.7 Å². The molecule has 0 bridgehead atoms. The summed E-state index contributed by atoms with van der Waals surface area (Å²) in [6.45, 7) is 4.31. The van der Waals surface area contributed by atoms with Crippen molar-refractivity contribution in [3.8, 4) is 0 Å². The molecule has 0 aromatic heterocycles. The molecule has 4 N–H and O–H groups in total. The molecular weight excluding hydrogens is 578 g/mol. The first-order valence-corrected chi connectivity index (χ1v) is 14.7. The standard InChI is InChI=1S/C33H37N5O7/c1-3-45-32(43)15-17-37-21-30(40)38(16-14-31(41)42)20-24-19-26(12-13-28(24)37)34-29(39)18-23-8-10-25(11-9-23)35-33(44)36-27-7-5-4-6-22(27)2/h4-13,19H,3,14-18,20-21H2,1-2H3,(H,34,39)(H,41,42)(H2,35,36,44). The normalized spacial score (nSPS) is 12.5. The van der Waals surface area contributed by atoms with Gasteiger partial charge in [-0.2, -0.15) is 0 Å². The molecule has 0 radical (unpaired) electrons. The highest BCUT2D eigenvalue weighted by Crippen LogP contribution is 2.29. The summed E-state index contributed by atoms with van der Waals surface area (Å²) >= 11 is 0. The summed E-state index contributed by atoms with van der Waals surface area (Å²) in [6.07, 6.45) is -0.0342. The number of amides is 4.